The number of hydrogen-bond acceptors (Lipinski definition) is 10. The Morgan fingerprint density at radius 1 is 1.02 bits per heavy atom. The Morgan fingerprint density at radius 2 is 1.78 bits per heavy atom. The van der Waals surface area contributed by atoms with E-state index in [4.69, 9.17) is 18.9 Å². The highest BCUT2D eigenvalue weighted by atomic mass is 32.2. The van der Waals surface area contributed by atoms with Crippen LogP contribution in [0.3, 0.4) is 0 Å². The van der Waals surface area contributed by atoms with Gasteiger partial charge < -0.3 is 45.3 Å². The number of unbranched alkanes of at least 4 members (excludes halogenated alkanes) is 1. The minimum absolute atomic E-state index is 0.0163. The van der Waals surface area contributed by atoms with Gasteiger partial charge in [0.25, 0.3) is 5.91 Å². The van der Waals surface area contributed by atoms with Gasteiger partial charge in [-0.25, -0.2) is 14.6 Å². The average molecular weight is 730 g/mol. The van der Waals surface area contributed by atoms with Crippen LogP contribution in [-0.4, -0.2) is 103 Å². The first-order valence-electron chi connectivity index (χ1n) is 17.5. The highest BCUT2D eigenvalue weighted by Crippen LogP contribution is 2.33. The third kappa shape index (κ3) is 14.2. The zero-order chi connectivity index (χ0) is 36.6. The highest BCUT2D eigenvalue weighted by molar-refractivity contribution is 8.00. The molecule has 4 rings (SSSR count). The first-order valence-corrected chi connectivity index (χ1v) is 18.5. The Morgan fingerprint density at radius 3 is 2.53 bits per heavy atom. The minimum atomic E-state index is -1.08. The summed E-state index contributed by atoms with van der Waals surface area (Å²) in [5, 5.41) is 21.3. The lowest BCUT2D eigenvalue weighted by Crippen LogP contribution is -2.41. The molecule has 0 aliphatic carbocycles. The number of fused-ring (bicyclic) bond motifs is 1. The maximum atomic E-state index is 12.6. The molecule has 2 fully saturated rings. The smallest absolute Gasteiger partial charge is 0.326 e. The normalized spacial score (nSPS) is 18.6. The van der Waals surface area contributed by atoms with Gasteiger partial charge in [-0.3, -0.25) is 9.59 Å². The van der Waals surface area contributed by atoms with Crippen molar-refractivity contribution < 1.29 is 43.2 Å². The van der Waals surface area contributed by atoms with E-state index < -0.39 is 17.9 Å². The number of nitrogens with zero attached hydrogens (tertiary/aromatic N) is 1. The molecule has 0 bridgehead atoms. The van der Waals surface area contributed by atoms with E-state index in [1.54, 1.807) is 30.3 Å². The third-order valence-corrected chi connectivity index (χ3v) is 9.84. The molecular formula is C36H51N5O9S. The van der Waals surface area contributed by atoms with Crippen molar-refractivity contribution in [1.82, 2.24) is 26.3 Å². The fourth-order valence-corrected chi connectivity index (χ4v) is 7.11. The Bertz CT molecular complexity index is 1440. The number of carboxylic acid groups (broad SMARTS) is 1. The number of thioether (sulfide) groups is 1. The molecule has 280 valence electrons. The van der Waals surface area contributed by atoms with Crippen LogP contribution in [0.2, 0.25) is 0 Å². The van der Waals surface area contributed by atoms with Crippen molar-refractivity contribution in [2.75, 3.05) is 45.3 Å². The first-order chi connectivity index (χ1) is 24.5. The number of urea groups is 1. The quantitative estimate of drug-likeness (QED) is 0.0867. The third-order valence-electron chi connectivity index (χ3n) is 8.33. The summed E-state index contributed by atoms with van der Waals surface area (Å²) in [5.41, 5.74) is 0.181. The lowest BCUT2D eigenvalue weighted by atomic mass is 9.88. The lowest BCUT2D eigenvalue weighted by molar-refractivity contribution is -0.139. The molecule has 2 aliphatic heterocycles. The SMILES string of the molecule is CC(C)(C)CC[C@H](NC(=O)c1ccc(Oc2cccc(OCCOCCOCCNC(=O)CCCC[C@@H]3SC[C@@H]4NC(=O)N[C@@H]43)c2)nc1)C(=O)O. The number of rotatable bonds is 22. The number of aliphatic carboxylic acids is 1. The van der Waals surface area contributed by atoms with Crippen LogP contribution in [0.25, 0.3) is 0 Å². The number of carbonyl (C=O) groups is 4. The zero-order valence-electron chi connectivity index (χ0n) is 29.6. The van der Waals surface area contributed by atoms with Gasteiger partial charge >= 0.3 is 12.0 Å². The summed E-state index contributed by atoms with van der Waals surface area (Å²) in [6.07, 6.45) is 5.56. The molecule has 4 amide bonds. The zero-order valence-corrected chi connectivity index (χ0v) is 30.4. The van der Waals surface area contributed by atoms with Crippen LogP contribution >= 0.6 is 11.8 Å². The number of carbonyl (C=O) groups excluding carboxylic acids is 3. The molecule has 0 unspecified atom stereocenters. The van der Waals surface area contributed by atoms with Gasteiger partial charge in [-0.1, -0.05) is 33.3 Å². The van der Waals surface area contributed by atoms with Crippen molar-refractivity contribution in [1.29, 1.82) is 0 Å². The van der Waals surface area contributed by atoms with Crippen molar-refractivity contribution in [3.8, 4) is 17.4 Å². The standard InChI is InChI=1S/C36H51N5O9S/c1-36(2,3)14-13-27(34(44)45)39-33(43)24-11-12-31(38-22-24)50-26-8-6-7-25(21-26)49-20-19-48-18-17-47-16-15-37-30(42)10-5-4-9-29-32-28(23-51-29)40-35(46)41-32/h6-8,11-12,21-22,27-29,32H,4-5,9-10,13-20,23H2,1-3H3,(H,37,42)(H,39,43)(H,44,45)(H2,40,41,46)/t27-,28-,29-,32-/m0/s1. The molecule has 0 saturated carbocycles. The highest BCUT2D eigenvalue weighted by Gasteiger charge is 2.42. The summed E-state index contributed by atoms with van der Waals surface area (Å²) < 4.78 is 22.7. The van der Waals surface area contributed by atoms with Crippen LogP contribution < -0.4 is 30.7 Å². The molecule has 5 N–H and O–H groups in total. The number of ether oxygens (including phenoxy) is 4. The van der Waals surface area contributed by atoms with E-state index in [9.17, 15) is 24.3 Å². The Balaban J connectivity index is 1.01. The van der Waals surface area contributed by atoms with Gasteiger partial charge in [0.05, 0.1) is 44.1 Å². The lowest BCUT2D eigenvalue weighted by Gasteiger charge is -2.21. The number of pyridine rings is 1. The predicted octanol–water partition coefficient (Wildman–Crippen LogP) is 4.14. The number of nitrogens with one attached hydrogen (secondary N) is 4. The van der Waals surface area contributed by atoms with E-state index in [0.29, 0.717) is 75.6 Å². The summed E-state index contributed by atoms with van der Waals surface area (Å²) in [6.45, 7) is 8.38. The van der Waals surface area contributed by atoms with E-state index in [-0.39, 0.29) is 40.9 Å². The molecule has 51 heavy (non-hydrogen) atoms. The molecular weight excluding hydrogens is 678 g/mol. The second-order valence-corrected chi connectivity index (χ2v) is 15.0. The first kappa shape index (κ1) is 39.7. The molecule has 2 aromatic rings. The monoisotopic (exact) mass is 729 g/mol. The van der Waals surface area contributed by atoms with Crippen molar-refractivity contribution in [3.63, 3.8) is 0 Å². The molecule has 4 atom stereocenters. The van der Waals surface area contributed by atoms with Crippen LogP contribution in [0.4, 0.5) is 4.79 Å². The molecule has 0 radical (unpaired) electrons. The summed E-state index contributed by atoms with van der Waals surface area (Å²) in [6, 6.07) is 9.48. The van der Waals surface area contributed by atoms with Crippen LogP contribution in [0.5, 0.6) is 17.4 Å². The predicted molar refractivity (Wildman–Crippen MR) is 192 cm³/mol. The van der Waals surface area contributed by atoms with E-state index >= 15 is 0 Å². The van der Waals surface area contributed by atoms with Crippen LogP contribution in [0.15, 0.2) is 42.6 Å². The topological polar surface area (TPSA) is 186 Å². The van der Waals surface area contributed by atoms with E-state index in [1.165, 1.54) is 12.3 Å². The molecule has 0 spiro atoms. The van der Waals surface area contributed by atoms with Crippen molar-refractivity contribution >= 4 is 35.6 Å². The van der Waals surface area contributed by atoms with Gasteiger partial charge in [-0.05, 0) is 49.3 Å². The summed E-state index contributed by atoms with van der Waals surface area (Å²) in [4.78, 5) is 52.0. The summed E-state index contributed by atoms with van der Waals surface area (Å²) in [7, 11) is 0. The summed E-state index contributed by atoms with van der Waals surface area (Å²) >= 11 is 1.89. The number of aromatic nitrogens is 1. The van der Waals surface area contributed by atoms with Crippen LogP contribution in [-0.2, 0) is 19.1 Å². The van der Waals surface area contributed by atoms with E-state index in [1.807, 2.05) is 32.5 Å². The molecule has 14 nitrogen and oxygen atoms in total. The van der Waals surface area contributed by atoms with Crippen molar-refractivity contribution in [3.05, 3.63) is 48.2 Å². The number of benzene rings is 1. The molecule has 15 heteroatoms. The maximum Gasteiger partial charge on any atom is 0.326 e. The van der Waals surface area contributed by atoms with Gasteiger partial charge in [0.15, 0.2) is 0 Å². The van der Waals surface area contributed by atoms with E-state index in [2.05, 4.69) is 26.3 Å². The fraction of sp³-hybridized carbons (Fsp3) is 0.583. The molecule has 1 aromatic carbocycles. The number of carboxylic acids is 1. The van der Waals surface area contributed by atoms with Gasteiger partial charge in [0.2, 0.25) is 11.8 Å². The molecule has 2 saturated heterocycles. The summed E-state index contributed by atoms with van der Waals surface area (Å²) in [5.74, 6) is 0.710. The van der Waals surface area contributed by atoms with Crippen LogP contribution in [0.1, 0.15) is 69.7 Å². The Kier molecular flexibility index (Phi) is 15.6. The number of hydrogen-bond donors (Lipinski definition) is 5. The Hall–Kier alpha value is -4.08. The largest absolute Gasteiger partial charge is 0.491 e. The second-order valence-electron chi connectivity index (χ2n) is 13.7. The van der Waals surface area contributed by atoms with Gasteiger partial charge in [0, 0.05) is 42.3 Å². The maximum absolute atomic E-state index is 12.6. The minimum Gasteiger partial charge on any atom is -0.491 e. The number of amides is 4. The second kappa shape index (κ2) is 20.1. The van der Waals surface area contributed by atoms with Gasteiger partial charge in [0.1, 0.15) is 24.1 Å². The van der Waals surface area contributed by atoms with E-state index in [0.717, 1.165) is 25.0 Å². The Labute approximate surface area is 303 Å². The van der Waals surface area contributed by atoms with Crippen molar-refractivity contribution in [2.45, 2.75) is 82.7 Å². The van der Waals surface area contributed by atoms with Crippen LogP contribution in [0, 0.1) is 5.41 Å². The van der Waals surface area contributed by atoms with Gasteiger partial charge in [-0.2, -0.15) is 11.8 Å². The fourth-order valence-electron chi connectivity index (χ4n) is 5.57. The average Bonchev–Trinajstić information content (AvgIpc) is 3.64. The van der Waals surface area contributed by atoms with Gasteiger partial charge in [-0.15, -0.1) is 0 Å². The molecule has 1 aromatic heterocycles. The molecule has 2 aliphatic rings. The molecule has 3 heterocycles. The van der Waals surface area contributed by atoms with Crippen molar-refractivity contribution in [2.24, 2.45) is 5.41 Å².